The van der Waals surface area contributed by atoms with Crippen LogP contribution in [0.3, 0.4) is 0 Å². The normalized spacial score (nSPS) is 21.1. The number of aromatic nitrogens is 1. The predicted octanol–water partition coefficient (Wildman–Crippen LogP) is 2.89. The number of rotatable bonds is 4. The van der Waals surface area contributed by atoms with E-state index in [0.717, 1.165) is 5.56 Å². The number of amides is 2. The van der Waals surface area contributed by atoms with Crippen LogP contribution in [0.25, 0.3) is 0 Å². The van der Waals surface area contributed by atoms with Gasteiger partial charge in [0.1, 0.15) is 17.4 Å². The average Bonchev–Trinajstić information content (AvgIpc) is 2.75. The van der Waals surface area contributed by atoms with E-state index in [1.807, 2.05) is 36.4 Å². The van der Waals surface area contributed by atoms with E-state index in [0.29, 0.717) is 11.5 Å². The maximum Gasteiger partial charge on any atom is 0.296 e. The van der Waals surface area contributed by atoms with Gasteiger partial charge in [0.05, 0.1) is 12.0 Å². The van der Waals surface area contributed by atoms with E-state index in [-0.39, 0.29) is 0 Å². The molecular weight excluding hydrogens is 366 g/mol. The highest BCUT2D eigenvalue weighted by molar-refractivity contribution is 6.02. The lowest BCUT2D eigenvalue weighted by Crippen LogP contribution is -2.59. The summed E-state index contributed by atoms with van der Waals surface area (Å²) in [6, 6.07) is 23.4. The second-order valence-corrected chi connectivity index (χ2v) is 6.74. The lowest BCUT2D eigenvalue weighted by atomic mass is 9.77. The smallest absolute Gasteiger partial charge is 0.296 e. The van der Waals surface area contributed by atoms with Crippen LogP contribution < -0.4 is 14.6 Å². The number of pyridine rings is 1. The van der Waals surface area contributed by atoms with Crippen LogP contribution >= 0.6 is 0 Å². The number of nitrogens with one attached hydrogen (secondary N) is 1. The van der Waals surface area contributed by atoms with Crippen LogP contribution in [0.1, 0.15) is 17.5 Å². The highest BCUT2D eigenvalue weighted by atomic mass is 16.5. The Balaban J connectivity index is 1.69. The molecule has 0 radical (unpaired) electrons. The van der Waals surface area contributed by atoms with E-state index in [1.165, 1.54) is 0 Å². The van der Waals surface area contributed by atoms with Gasteiger partial charge in [-0.15, -0.1) is 0 Å². The summed E-state index contributed by atoms with van der Waals surface area (Å²) in [5.74, 6) is -1.25. The van der Waals surface area contributed by atoms with E-state index in [1.54, 1.807) is 53.4 Å². The molecular formula is C23H18N3O3+. The monoisotopic (exact) mass is 384 g/mol. The molecule has 2 aromatic carbocycles. The molecule has 1 unspecified atom stereocenters. The van der Waals surface area contributed by atoms with Crippen LogP contribution in [0.4, 0.5) is 0 Å². The molecule has 6 heteroatoms. The summed E-state index contributed by atoms with van der Waals surface area (Å²) in [4.78, 5) is 25.0. The molecule has 29 heavy (non-hydrogen) atoms. The number of ether oxygens (including phenoxy) is 1. The van der Waals surface area contributed by atoms with Crippen molar-refractivity contribution in [2.24, 2.45) is 5.92 Å². The van der Waals surface area contributed by atoms with Crippen molar-refractivity contribution < 1.29 is 18.9 Å². The van der Waals surface area contributed by atoms with Crippen molar-refractivity contribution in [1.82, 2.24) is 5.32 Å². The SMILES string of the molecule is N#CC1C(=O)NC(=O)[C@H]([n+]2ccccc2)[C@H]1c1ccc(Oc2ccccc2)cc1. The van der Waals surface area contributed by atoms with E-state index in [9.17, 15) is 14.9 Å². The average molecular weight is 384 g/mol. The predicted molar refractivity (Wildman–Crippen MR) is 104 cm³/mol. The third-order valence-corrected chi connectivity index (χ3v) is 4.94. The van der Waals surface area contributed by atoms with Crippen LogP contribution in [-0.2, 0) is 9.59 Å². The zero-order valence-electron chi connectivity index (χ0n) is 15.4. The van der Waals surface area contributed by atoms with Crippen LogP contribution in [0.5, 0.6) is 11.5 Å². The maximum atomic E-state index is 12.7. The molecule has 4 rings (SSSR count). The van der Waals surface area contributed by atoms with Crippen LogP contribution in [0.15, 0.2) is 85.2 Å². The molecule has 2 amide bonds. The fraction of sp³-hybridized carbons (Fsp3) is 0.130. The lowest BCUT2D eigenvalue weighted by molar-refractivity contribution is -0.713. The first-order valence-corrected chi connectivity index (χ1v) is 9.20. The van der Waals surface area contributed by atoms with Crippen molar-refractivity contribution in [3.8, 4) is 17.6 Å². The summed E-state index contributed by atoms with van der Waals surface area (Å²) >= 11 is 0. The molecule has 1 aromatic heterocycles. The van der Waals surface area contributed by atoms with Crippen LogP contribution in [0.2, 0.25) is 0 Å². The van der Waals surface area contributed by atoms with Gasteiger partial charge in [0.25, 0.3) is 5.91 Å². The third kappa shape index (κ3) is 3.71. The number of carbonyl (C=O) groups excluding carboxylic acids is 2. The highest BCUT2D eigenvalue weighted by Gasteiger charge is 2.50. The maximum absolute atomic E-state index is 12.7. The fourth-order valence-electron chi connectivity index (χ4n) is 3.60. The van der Waals surface area contributed by atoms with Gasteiger partial charge in [-0.3, -0.25) is 14.9 Å². The van der Waals surface area contributed by atoms with E-state index >= 15 is 0 Å². The minimum atomic E-state index is -0.980. The zero-order valence-corrected chi connectivity index (χ0v) is 15.4. The van der Waals surface area contributed by atoms with Gasteiger partial charge >= 0.3 is 0 Å². The van der Waals surface area contributed by atoms with E-state index < -0.39 is 29.7 Å². The molecule has 142 valence electrons. The van der Waals surface area contributed by atoms with Crippen molar-refractivity contribution in [2.45, 2.75) is 12.0 Å². The van der Waals surface area contributed by atoms with Gasteiger partial charge in [-0.2, -0.15) is 9.83 Å². The third-order valence-electron chi connectivity index (χ3n) is 4.94. The first kappa shape index (κ1) is 18.4. The molecule has 0 spiro atoms. The second kappa shape index (κ2) is 7.95. The van der Waals surface area contributed by atoms with Crippen molar-refractivity contribution >= 4 is 11.8 Å². The Morgan fingerprint density at radius 2 is 1.45 bits per heavy atom. The summed E-state index contributed by atoms with van der Waals surface area (Å²) in [6.45, 7) is 0. The largest absolute Gasteiger partial charge is 0.457 e. The number of piperidine rings is 1. The van der Waals surface area contributed by atoms with E-state index in [2.05, 4.69) is 11.4 Å². The molecule has 3 atom stereocenters. The summed E-state index contributed by atoms with van der Waals surface area (Å²) in [6.07, 6.45) is 3.52. The Hall–Kier alpha value is -3.98. The molecule has 0 bridgehead atoms. The minimum Gasteiger partial charge on any atom is -0.457 e. The molecule has 1 aliphatic heterocycles. The first-order valence-electron chi connectivity index (χ1n) is 9.20. The van der Waals surface area contributed by atoms with Gasteiger partial charge in [-0.25, -0.2) is 0 Å². The first-order chi connectivity index (χ1) is 14.2. The van der Waals surface area contributed by atoms with Gasteiger partial charge in [0.2, 0.25) is 11.9 Å². The van der Waals surface area contributed by atoms with Gasteiger partial charge in [-0.1, -0.05) is 36.4 Å². The van der Waals surface area contributed by atoms with Crippen molar-refractivity contribution in [3.05, 3.63) is 90.8 Å². The molecule has 2 heterocycles. The molecule has 6 nitrogen and oxygen atoms in total. The van der Waals surface area contributed by atoms with Crippen molar-refractivity contribution in [1.29, 1.82) is 5.26 Å². The Labute approximate surface area is 168 Å². The van der Waals surface area contributed by atoms with Crippen molar-refractivity contribution in [2.75, 3.05) is 0 Å². The Bertz CT molecular complexity index is 1060. The number of hydrogen-bond acceptors (Lipinski definition) is 4. The second-order valence-electron chi connectivity index (χ2n) is 6.74. The van der Waals surface area contributed by atoms with Crippen molar-refractivity contribution in [3.63, 3.8) is 0 Å². The molecule has 1 aliphatic rings. The van der Waals surface area contributed by atoms with E-state index in [4.69, 9.17) is 4.74 Å². The Morgan fingerprint density at radius 1 is 0.828 bits per heavy atom. The minimum absolute atomic E-state index is 0.424. The standard InChI is InChI=1S/C23H17N3O3/c24-15-19-20(21(23(28)25-22(19)27)26-13-5-2-6-14-26)16-9-11-18(12-10-16)29-17-7-3-1-4-8-17/h1-14,19-21H/p+1/t19?,20-,21+/m0/s1. The molecule has 1 N–H and O–H groups in total. The quantitative estimate of drug-likeness (QED) is 0.554. The van der Waals surface area contributed by atoms with Crippen LogP contribution in [0, 0.1) is 17.2 Å². The molecule has 1 saturated heterocycles. The number of nitriles is 1. The number of imide groups is 1. The summed E-state index contributed by atoms with van der Waals surface area (Å²) in [5.41, 5.74) is 0.724. The Morgan fingerprint density at radius 3 is 2.10 bits per heavy atom. The zero-order chi connectivity index (χ0) is 20.2. The van der Waals surface area contributed by atoms with Gasteiger partial charge < -0.3 is 4.74 Å². The summed E-state index contributed by atoms with van der Waals surface area (Å²) in [5, 5.41) is 12.0. The van der Waals surface area contributed by atoms with Crippen LogP contribution in [-0.4, -0.2) is 11.8 Å². The Kier molecular flexibility index (Phi) is 5.04. The fourth-order valence-corrected chi connectivity index (χ4v) is 3.60. The molecule has 3 aromatic rings. The summed E-state index contributed by atoms with van der Waals surface area (Å²) in [7, 11) is 0. The molecule has 0 aliphatic carbocycles. The molecule has 0 saturated carbocycles. The van der Waals surface area contributed by atoms with Gasteiger partial charge in [0, 0.05) is 12.1 Å². The highest BCUT2D eigenvalue weighted by Crippen LogP contribution is 2.37. The number of hydrogen-bond donors (Lipinski definition) is 1. The topological polar surface area (TPSA) is 83.1 Å². The van der Waals surface area contributed by atoms with Gasteiger partial charge in [0.15, 0.2) is 12.4 Å². The number of carbonyl (C=O) groups is 2. The number of benzene rings is 2. The molecule has 1 fully saturated rings. The summed E-state index contributed by atoms with van der Waals surface area (Å²) < 4.78 is 7.54. The number of nitrogens with zero attached hydrogens (tertiary/aromatic N) is 2. The number of para-hydroxylation sites is 1. The lowest BCUT2D eigenvalue weighted by Gasteiger charge is -2.30. The van der Waals surface area contributed by atoms with Gasteiger partial charge in [-0.05, 0) is 29.8 Å².